The van der Waals surface area contributed by atoms with E-state index in [0.717, 1.165) is 36.9 Å². The molecule has 0 aliphatic heterocycles. The van der Waals surface area contributed by atoms with Crippen LogP contribution in [0.1, 0.15) is 4.44 Å². The van der Waals surface area contributed by atoms with Crippen molar-refractivity contribution in [1.29, 1.82) is 10.5 Å². The summed E-state index contributed by atoms with van der Waals surface area (Å²) in [4.78, 5) is 24.2. The number of benzene rings is 2. The molecule has 0 saturated heterocycles. The summed E-state index contributed by atoms with van der Waals surface area (Å²) in [6.45, 7) is 0. The van der Waals surface area contributed by atoms with Gasteiger partial charge in [0.15, 0.2) is 0 Å². The van der Waals surface area contributed by atoms with Crippen LogP contribution in [0, 0.1) is 22.7 Å². The minimum absolute atomic E-state index is 0.0670. The molecule has 0 bridgehead atoms. The van der Waals surface area contributed by atoms with Gasteiger partial charge in [0.1, 0.15) is 0 Å². The Hall–Kier alpha value is -4.27. The van der Waals surface area contributed by atoms with E-state index in [4.69, 9.17) is 4.98 Å². The molecule has 168 valence electrons. The summed E-state index contributed by atoms with van der Waals surface area (Å²) in [6.07, 6.45) is 3.67. The third kappa shape index (κ3) is 4.32. The number of hydrogen-bond donors (Lipinski definition) is 0. The Bertz CT molecular complexity index is 1810. The van der Waals surface area contributed by atoms with Crippen LogP contribution < -0.4 is 19.7 Å². The van der Waals surface area contributed by atoms with Crippen molar-refractivity contribution in [3.05, 3.63) is 96.9 Å². The Labute approximate surface area is 210 Å². The summed E-state index contributed by atoms with van der Waals surface area (Å²) in [5.41, 5.74) is 1.52. The Morgan fingerprint density at radius 2 is 1.80 bits per heavy atom. The molecule has 2 aromatic carbocycles. The van der Waals surface area contributed by atoms with E-state index in [-0.39, 0.29) is 25.6 Å². The van der Waals surface area contributed by atoms with Crippen molar-refractivity contribution in [3.63, 3.8) is 0 Å². The number of nitriles is 2. The van der Waals surface area contributed by atoms with E-state index in [0.29, 0.717) is 15.1 Å². The Morgan fingerprint density at radius 1 is 1.06 bits per heavy atom. The first-order valence-corrected chi connectivity index (χ1v) is 13.0. The van der Waals surface area contributed by atoms with E-state index in [9.17, 15) is 15.3 Å². The number of anilines is 3. The molecule has 9 heteroatoms. The summed E-state index contributed by atoms with van der Waals surface area (Å²) < 4.78 is 4.23. The zero-order valence-electron chi connectivity index (χ0n) is 18.4. The van der Waals surface area contributed by atoms with Crippen molar-refractivity contribution in [2.75, 3.05) is 4.90 Å². The van der Waals surface area contributed by atoms with Crippen LogP contribution in [0.25, 0.3) is 22.6 Å². The van der Waals surface area contributed by atoms with Gasteiger partial charge >= 0.3 is 211 Å². The number of hydrogen-bond acceptors (Lipinski definition) is 7. The topological polar surface area (TPSA) is 98.6 Å². The first-order chi connectivity index (χ1) is 17.1. The number of fused-ring (bicyclic) bond motifs is 1. The van der Waals surface area contributed by atoms with Gasteiger partial charge in [-0.2, -0.15) is 0 Å². The third-order valence-corrected chi connectivity index (χ3v) is 8.58. The molecule has 3 aromatic heterocycles. The standard InChI is InChI=1S/C26H16N6OSSe/c1-31-24(33)22(34-25(31)18(14-27)15-28)13-20-11-12-23(35-20)32(19-8-3-2-4-9-19)26-29-16-17-7-5-6-10-21(17)30-26/h2-13,16H,1H3/b22-13+. The fraction of sp³-hybridized carbons (Fsp3) is 0.0385. The summed E-state index contributed by atoms with van der Waals surface area (Å²) in [7, 11) is 1.58. The maximum atomic E-state index is 12.7. The predicted octanol–water partition coefficient (Wildman–Crippen LogP) is 2.94. The number of nitrogens with zero attached hydrogens (tertiary/aromatic N) is 6. The molecule has 0 saturated carbocycles. The fourth-order valence-corrected chi connectivity index (χ4v) is 6.79. The average molecular weight is 539 g/mol. The zero-order chi connectivity index (χ0) is 24.4. The van der Waals surface area contributed by atoms with Gasteiger partial charge in [-0.25, -0.2) is 0 Å². The fourth-order valence-electron chi connectivity index (χ4n) is 3.56. The van der Waals surface area contributed by atoms with Gasteiger partial charge in [-0.3, -0.25) is 0 Å². The molecule has 0 aliphatic carbocycles. The van der Waals surface area contributed by atoms with Crippen LogP contribution in [-0.2, 0) is 7.05 Å². The number of thiazole rings is 1. The SMILES string of the molecule is Cn1c(=C(C#N)C#N)s/c(=C/c2ccc(N(c3ccccc3)c3ncc4ccccc4n3)[se]2)c1=O. The van der Waals surface area contributed by atoms with E-state index < -0.39 is 0 Å². The van der Waals surface area contributed by atoms with Crippen LogP contribution in [0.3, 0.4) is 0 Å². The van der Waals surface area contributed by atoms with E-state index in [1.165, 1.54) is 4.57 Å². The van der Waals surface area contributed by atoms with Gasteiger partial charge in [0, 0.05) is 0 Å². The maximum absolute atomic E-state index is 12.7. The van der Waals surface area contributed by atoms with E-state index >= 15 is 0 Å². The normalized spacial score (nSPS) is 11.2. The van der Waals surface area contributed by atoms with E-state index in [1.54, 1.807) is 7.05 Å². The summed E-state index contributed by atoms with van der Waals surface area (Å²) >= 11 is 1.03. The van der Waals surface area contributed by atoms with Crippen molar-refractivity contribution in [3.8, 4) is 12.1 Å². The first kappa shape index (κ1) is 22.5. The molecule has 0 atom stereocenters. The molecule has 0 spiro atoms. The van der Waals surface area contributed by atoms with Gasteiger partial charge in [-0.15, -0.1) is 0 Å². The van der Waals surface area contributed by atoms with Crippen LogP contribution in [0.4, 0.5) is 16.2 Å². The summed E-state index contributed by atoms with van der Waals surface area (Å²) in [5, 5.41) is 19.4. The van der Waals surface area contributed by atoms with Crippen LogP contribution in [0.2, 0.25) is 0 Å². The molecule has 35 heavy (non-hydrogen) atoms. The van der Waals surface area contributed by atoms with Gasteiger partial charge in [0.2, 0.25) is 0 Å². The van der Waals surface area contributed by atoms with Crippen molar-refractivity contribution < 1.29 is 0 Å². The predicted molar refractivity (Wildman–Crippen MR) is 138 cm³/mol. The molecular formula is C26H16N6OSSe. The molecule has 0 N–H and O–H groups in total. The van der Waals surface area contributed by atoms with E-state index in [1.807, 2.05) is 96.0 Å². The molecule has 0 aliphatic rings. The van der Waals surface area contributed by atoms with Crippen molar-refractivity contribution >= 4 is 64.6 Å². The van der Waals surface area contributed by atoms with Gasteiger partial charge < -0.3 is 0 Å². The Morgan fingerprint density at radius 3 is 2.57 bits per heavy atom. The number of para-hydroxylation sites is 2. The molecular weight excluding hydrogens is 523 g/mol. The molecule has 0 unspecified atom stereocenters. The molecule has 5 rings (SSSR count). The number of rotatable bonds is 4. The Balaban J connectivity index is 1.63. The van der Waals surface area contributed by atoms with Crippen LogP contribution in [0.15, 0.2) is 77.7 Å². The molecule has 0 radical (unpaired) electrons. The van der Waals surface area contributed by atoms with Gasteiger partial charge in [-0.05, 0) is 0 Å². The first-order valence-electron chi connectivity index (χ1n) is 10.5. The molecule has 7 nitrogen and oxygen atoms in total. The zero-order valence-corrected chi connectivity index (χ0v) is 20.9. The molecule has 5 aromatic rings. The molecule has 3 heterocycles. The monoisotopic (exact) mass is 540 g/mol. The average Bonchev–Trinajstić information content (AvgIpc) is 3.46. The molecule has 0 fully saturated rings. The Kier molecular flexibility index (Phi) is 6.13. The minimum atomic E-state index is -0.226. The quantitative estimate of drug-likeness (QED) is 0.326. The van der Waals surface area contributed by atoms with E-state index in [2.05, 4.69) is 4.98 Å². The second-order valence-electron chi connectivity index (χ2n) is 7.45. The van der Waals surface area contributed by atoms with Gasteiger partial charge in [0.25, 0.3) is 0 Å². The van der Waals surface area contributed by atoms with Crippen LogP contribution >= 0.6 is 11.3 Å². The van der Waals surface area contributed by atoms with Crippen molar-refractivity contribution in [1.82, 2.24) is 14.5 Å². The van der Waals surface area contributed by atoms with Gasteiger partial charge in [0.05, 0.1) is 0 Å². The summed E-state index contributed by atoms with van der Waals surface area (Å²) in [5.74, 6) is 0.578. The second kappa shape index (κ2) is 9.54. The van der Waals surface area contributed by atoms with Crippen LogP contribution in [0.5, 0.6) is 0 Å². The number of aromatic nitrogens is 3. The molecule has 0 amide bonds. The van der Waals surface area contributed by atoms with Gasteiger partial charge in [-0.1, -0.05) is 0 Å². The second-order valence-corrected chi connectivity index (χ2v) is 10.8. The third-order valence-electron chi connectivity index (χ3n) is 5.26. The summed E-state index contributed by atoms with van der Waals surface area (Å²) in [6, 6.07) is 25.6. The van der Waals surface area contributed by atoms with Crippen molar-refractivity contribution in [2.24, 2.45) is 7.05 Å². The van der Waals surface area contributed by atoms with Crippen LogP contribution in [-0.4, -0.2) is 29.0 Å². The van der Waals surface area contributed by atoms with Crippen molar-refractivity contribution in [2.45, 2.75) is 0 Å².